The van der Waals surface area contributed by atoms with Crippen LogP contribution in [0.1, 0.15) is 31.9 Å². The normalized spacial score (nSPS) is 14.4. The lowest BCUT2D eigenvalue weighted by Gasteiger charge is -2.41. The molecule has 3 aromatic rings. The van der Waals surface area contributed by atoms with Crippen LogP contribution in [0.5, 0.6) is 0 Å². The monoisotopic (exact) mass is 417 g/mol. The van der Waals surface area contributed by atoms with Gasteiger partial charge in [0, 0.05) is 22.9 Å². The van der Waals surface area contributed by atoms with Gasteiger partial charge >= 0.3 is 5.51 Å². The molecular weight excluding hydrogens is 395 g/mol. The van der Waals surface area contributed by atoms with Crippen LogP contribution in [0.4, 0.5) is 13.2 Å². The molecule has 3 rings (SSSR count). The van der Waals surface area contributed by atoms with Crippen molar-refractivity contribution in [3.8, 4) is 11.1 Å². The summed E-state index contributed by atoms with van der Waals surface area (Å²) in [5.41, 5.74) is -2.93. The predicted molar refractivity (Wildman–Crippen MR) is 110 cm³/mol. The fourth-order valence-corrected chi connectivity index (χ4v) is 3.90. The van der Waals surface area contributed by atoms with Gasteiger partial charge in [-0.05, 0) is 52.1 Å². The summed E-state index contributed by atoms with van der Waals surface area (Å²) in [4.78, 5) is 4.30. The highest BCUT2D eigenvalue weighted by molar-refractivity contribution is 8.00. The van der Waals surface area contributed by atoms with Crippen molar-refractivity contribution in [1.29, 1.82) is 0 Å². The molecule has 0 bridgehead atoms. The van der Waals surface area contributed by atoms with Crippen molar-refractivity contribution in [2.45, 2.75) is 36.8 Å². The van der Waals surface area contributed by atoms with Gasteiger partial charge in [0.05, 0.1) is 0 Å². The largest absolute Gasteiger partial charge is 0.446 e. The number of benzene rings is 2. The molecule has 0 saturated carbocycles. The molecule has 29 heavy (non-hydrogen) atoms. The molecule has 0 fully saturated rings. The van der Waals surface area contributed by atoms with Gasteiger partial charge in [-0.3, -0.25) is 4.98 Å². The van der Waals surface area contributed by atoms with Crippen LogP contribution in [-0.4, -0.2) is 15.6 Å². The van der Waals surface area contributed by atoms with E-state index in [0.717, 1.165) is 16.7 Å². The third kappa shape index (κ3) is 4.65. The molecule has 2 aromatic carbocycles. The molecule has 2 nitrogen and oxygen atoms in total. The number of nitrogens with zero attached hydrogens (tertiary/aromatic N) is 1. The summed E-state index contributed by atoms with van der Waals surface area (Å²) >= 11 is -0.128. The minimum absolute atomic E-state index is 0.128. The maximum absolute atomic E-state index is 12.5. The Bertz CT molecular complexity index is 949. The molecule has 6 heteroatoms. The van der Waals surface area contributed by atoms with E-state index in [1.807, 2.05) is 51.1 Å². The van der Waals surface area contributed by atoms with Crippen molar-refractivity contribution in [3.05, 3.63) is 84.2 Å². The van der Waals surface area contributed by atoms with Crippen molar-refractivity contribution >= 4 is 11.8 Å². The molecule has 0 radical (unpaired) electrons. The van der Waals surface area contributed by atoms with Crippen LogP contribution in [0.2, 0.25) is 0 Å². The van der Waals surface area contributed by atoms with E-state index < -0.39 is 16.5 Å². The Morgan fingerprint density at radius 1 is 0.793 bits per heavy atom. The average molecular weight is 417 g/mol. The van der Waals surface area contributed by atoms with Gasteiger partial charge in [0.2, 0.25) is 0 Å². The Morgan fingerprint density at radius 2 is 1.34 bits per heavy atom. The van der Waals surface area contributed by atoms with Gasteiger partial charge in [-0.25, -0.2) is 0 Å². The molecule has 1 unspecified atom stereocenters. The van der Waals surface area contributed by atoms with Gasteiger partial charge in [0.1, 0.15) is 5.60 Å². The van der Waals surface area contributed by atoms with E-state index in [4.69, 9.17) is 0 Å². The van der Waals surface area contributed by atoms with Gasteiger partial charge in [0.15, 0.2) is 0 Å². The van der Waals surface area contributed by atoms with Crippen LogP contribution < -0.4 is 0 Å². The van der Waals surface area contributed by atoms with E-state index in [9.17, 15) is 18.3 Å². The zero-order valence-electron chi connectivity index (χ0n) is 16.4. The number of hydrogen-bond acceptors (Lipinski definition) is 3. The fourth-order valence-electron chi connectivity index (χ4n) is 3.36. The van der Waals surface area contributed by atoms with E-state index in [1.54, 1.807) is 30.6 Å². The molecule has 152 valence electrons. The first kappa shape index (κ1) is 21.4. The molecular formula is C23H22F3NOS. The van der Waals surface area contributed by atoms with Gasteiger partial charge in [-0.1, -0.05) is 63.2 Å². The zero-order valence-corrected chi connectivity index (χ0v) is 17.2. The van der Waals surface area contributed by atoms with E-state index >= 15 is 0 Å². The second kappa shape index (κ2) is 7.84. The smallest absolute Gasteiger partial charge is 0.380 e. The fraction of sp³-hybridized carbons (Fsp3) is 0.261. The van der Waals surface area contributed by atoms with E-state index in [0.29, 0.717) is 5.56 Å². The lowest BCUT2D eigenvalue weighted by Crippen LogP contribution is -2.41. The van der Waals surface area contributed by atoms with E-state index in [-0.39, 0.29) is 16.7 Å². The summed E-state index contributed by atoms with van der Waals surface area (Å²) in [7, 11) is 0. The summed E-state index contributed by atoms with van der Waals surface area (Å²) in [6.45, 7) is 5.89. The van der Waals surface area contributed by atoms with Gasteiger partial charge in [0.25, 0.3) is 0 Å². The van der Waals surface area contributed by atoms with Crippen molar-refractivity contribution < 1.29 is 18.3 Å². The van der Waals surface area contributed by atoms with Crippen molar-refractivity contribution in [1.82, 2.24) is 4.98 Å². The summed E-state index contributed by atoms with van der Waals surface area (Å²) in [5, 5.41) is 11.6. The zero-order chi connectivity index (χ0) is 21.3. The number of pyridine rings is 1. The minimum atomic E-state index is -4.30. The highest BCUT2D eigenvalue weighted by Gasteiger charge is 2.43. The number of rotatable bonds is 4. The molecule has 0 aliphatic heterocycles. The lowest BCUT2D eigenvalue weighted by atomic mass is 9.68. The third-order valence-corrected chi connectivity index (χ3v) is 5.63. The Hall–Kier alpha value is -2.31. The number of thioether (sulfide) groups is 1. The standard InChI is InChI=1S/C23H22F3NOS/c1-21(2,3)22(28,19-5-4-14-27-15-19)18-10-6-16(7-11-18)17-8-12-20(13-9-17)29-23(24,25)26/h4-15,28H,1-3H3. The Morgan fingerprint density at radius 3 is 1.79 bits per heavy atom. The summed E-state index contributed by atoms with van der Waals surface area (Å²) in [6, 6.07) is 17.3. The first-order chi connectivity index (χ1) is 13.5. The minimum Gasteiger partial charge on any atom is -0.380 e. The third-order valence-electron chi connectivity index (χ3n) is 4.89. The van der Waals surface area contributed by atoms with E-state index in [2.05, 4.69) is 4.98 Å². The first-order valence-corrected chi connectivity index (χ1v) is 9.92. The molecule has 0 spiro atoms. The Kier molecular flexibility index (Phi) is 5.79. The van der Waals surface area contributed by atoms with Crippen LogP contribution in [0, 0.1) is 5.41 Å². The number of aromatic nitrogens is 1. The number of hydrogen-bond donors (Lipinski definition) is 1. The maximum Gasteiger partial charge on any atom is 0.446 e. The molecule has 0 amide bonds. The second-order valence-corrected chi connectivity index (χ2v) is 8.99. The van der Waals surface area contributed by atoms with Crippen molar-refractivity contribution in [3.63, 3.8) is 0 Å². The number of aliphatic hydroxyl groups is 1. The van der Waals surface area contributed by atoms with Crippen LogP contribution >= 0.6 is 11.8 Å². The second-order valence-electron chi connectivity index (χ2n) is 7.85. The van der Waals surface area contributed by atoms with E-state index in [1.165, 1.54) is 12.1 Å². The Balaban J connectivity index is 1.93. The molecule has 1 aromatic heterocycles. The van der Waals surface area contributed by atoms with Gasteiger partial charge < -0.3 is 5.11 Å². The number of alkyl halides is 3. The van der Waals surface area contributed by atoms with Gasteiger partial charge in [-0.15, -0.1) is 0 Å². The molecule has 0 aliphatic rings. The van der Waals surface area contributed by atoms with Crippen LogP contribution in [-0.2, 0) is 5.60 Å². The first-order valence-electron chi connectivity index (χ1n) is 9.10. The molecule has 0 aliphatic carbocycles. The van der Waals surface area contributed by atoms with Crippen LogP contribution in [0.3, 0.4) is 0 Å². The lowest BCUT2D eigenvalue weighted by molar-refractivity contribution is -0.0328. The average Bonchev–Trinajstić information content (AvgIpc) is 2.67. The van der Waals surface area contributed by atoms with Crippen LogP contribution in [0.15, 0.2) is 78.0 Å². The highest BCUT2D eigenvalue weighted by Crippen LogP contribution is 2.45. The Labute approximate surface area is 172 Å². The summed E-state index contributed by atoms with van der Waals surface area (Å²) in [6.07, 6.45) is 3.33. The van der Waals surface area contributed by atoms with Crippen LogP contribution in [0.25, 0.3) is 11.1 Å². The highest BCUT2D eigenvalue weighted by atomic mass is 32.2. The molecule has 1 N–H and O–H groups in total. The maximum atomic E-state index is 12.5. The summed E-state index contributed by atoms with van der Waals surface area (Å²) < 4.78 is 37.5. The molecule has 0 saturated heterocycles. The SMILES string of the molecule is CC(C)(C)C(O)(c1ccc(-c2ccc(SC(F)(F)F)cc2)cc1)c1cccnc1. The molecule has 1 heterocycles. The summed E-state index contributed by atoms with van der Waals surface area (Å²) in [5.74, 6) is 0. The molecule has 1 atom stereocenters. The predicted octanol–water partition coefficient (Wildman–Crippen LogP) is 6.64. The van der Waals surface area contributed by atoms with Crippen molar-refractivity contribution in [2.24, 2.45) is 5.41 Å². The number of halogens is 3. The van der Waals surface area contributed by atoms with Crippen molar-refractivity contribution in [2.75, 3.05) is 0 Å². The van der Waals surface area contributed by atoms with Gasteiger partial charge in [-0.2, -0.15) is 13.2 Å². The topological polar surface area (TPSA) is 33.1 Å². The quantitative estimate of drug-likeness (QED) is 0.483.